The maximum absolute atomic E-state index is 12.7. The van der Waals surface area contributed by atoms with Gasteiger partial charge in [0.2, 0.25) is 0 Å². The second-order valence-electron chi connectivity index (χ2n) is 6.35. The van der Waals surface area contributed by atoms with Gasteiger partial charge in [-0.25, -0.2) is 4.39 Å². The van der Waals surface area contributed by atoms with Crippen LogP contribution in [-0.2, 0) is 32.4 Å². The number of pyridine rings is 1. The van der Waals surface area contributed by atoms with Crippen molar-refractivity contribution >= 4 is 18.3 Å². The molecule has 3 aromatic rings. The van der Waals surface area contributed by atoms with Gasteiger partial charge in [0.1, 0.15) is 5.82 Å². The van der Waals surface area contributed by atoms with E-state index >= 15 is 0 Å². The molecule has 3 rings (SSSR count). The van der Waals surface area contributed by atoms with Gasteiger partial charge in [-0.2, -0.15) is 0 Å². The average molecular weight is 558 g/mol. The SMILES string of the molecule is Cc1ccc(C(C)C)cc1.Fc1ccc(NC([S-])c2ccccn2)cc1.[Os+7]. The van der Waals surface area contributed by atoms with E-state index in [1.807, 2.05) is 18.2 Å². The summed E-state index contributed by atoms with van der Waals surface area (Å²) in [6, 6.07) is 20.4. The Morgan fingerprint density at radius 1 is 0.926 bits per heavy atom. The van der Waals surface area contributed by atoms with Crippen LogP contribution in [0.25, 0.3) is 0 Å². The van der Waals surface area contributed by atoms with Gasteiger partial charge in [-0.15, -0.1) is 0 Å². The molecule has 0 saturated heterocycles. The summed E-state index contributed by atoms with van der Waals surface area (Å²) in [5.74, 6) is 0.393. The van der Waals surface area contributed by atoms with Crippen LogP contribution in [0.1, 0.15) is 42.0 Å². The Hall–Kier alpha value is -1.69. The van der Waals surface area contributed by atoms with E-state index in [1.54, 1.807) is 18.3 Å². The number of hydrogen-bond acceptors (Lipinski definition) is 3. The standard InChI is InChI=1S/C12H11FN2S.C10H14.Os/c13-9-4-6-10(7-5-9)15-12(16)11-3-1-2-8-14-11;1-8(2)10-6-4-9(3)5-7-10;/h1-8,12,15-16H;4-8H,1-3H3;/q;;+7/p-1. The number of nitrogens with one attached hydrogen (secondary N) is 1. The number of nitrogens with zero attached hydrogens (tertiary/aromatic N) is 1. The predicted molar refractivity (Wildman–Crippen MR) is 110 cm³/mol. The summed E-state index contributed by atoms with van der Waals surface area (Å²) in [6.07, 6.45) is 1.70. The average Bonchev–Trinajstić information content (AvgIpc) is 2.65. The Morgan fingerprint density at radius 2 is 1.56 bits per heavy atom. The molecule has 1 radical (unpaired) electrons. The van der Waals surface area contributed by atoms with E-state index in [2.05, 4.69) is 55.3 Å². The van der Waals surface area contributed by atoms with E-state index in [1.165, 1.54) is 23.3 Å². The van der Waals surface area contributed by atoms with Crippen molar-refractivity contribution < 1.29 is 24.2 Å². The second-order valence-corrected chi connectivity index (χ2v) is 6.82. The van der Waals surface area contributed by atoms with Gasteiger partial charge in [0, 0.05) is 17.6 Å². The fraction of sp³-hybridized carbons (Fsp3) is 0.227. The zero-order chi connectivity index (χ0) is 18.9. The summed E-state index contributed by atoms with van der Waals surface area (Å²) in [6.45, 7) is 6.54. The van der Waals surface area contributed by atoms with Crippen LogP contribution >= 0.6 is 0 Å². The van der Waals surface area contributed by atoms with Crippen molar-refractivity contribution in [3.8, 4) is 0 Å². The van der Waals surface area contributed by atoms with Gasteiger partial charge < -0.3 is 17.9 Å². The minimum atomic E-state index is -0.313. The van der Waals surface area contributed by atoms with Crippen LogP contribution in [0.5, 0.6) is 0 Å². The molecule has 0 aliphatic rings. The molecule has 0 fully saturated rings. The van der Waals surface area contributed by atoms with Crippen LogP contribution < -0.4 is 5.32 Å². The van der Waals surface area contributed by atoms with Crippen molar-refractivity contribution in [1.82, 2.24) is 4.98 Å². The molecule has 0 saturated carbocycles. The van der Waals surface area contributed by atoms with E-state index in [-0.39, 0.29) is 31.0 Å². The first-order chi connectivity index (χ1) is 12.5. The number of aromatic nitrogens is 1. The number of rotatable bonds is 4. The van der Waals surface area contributed by atoms with Crippen molar-refractivity contribution in [2.45, 2.75) is 32.1 Å². The number of benzene rings is 2. The number of aryl methyl sites for hydroxylation is 1. The van der Waals surface area contributed by atoms with Gasteiger partial charge in [0.15, 0.2) is 0 Å². The van der Waals surface area contributed by atoms with Crippen LogP contribution in [0, 0.1) is 12.7 Å². The molecule has 1 N–H and O–H groups in total. The molecule has 1 atom stereocenters. The first-order valence-corrected chi connectivity index (χ1v) is 9.08. The van der Waals surface area contributed by atoms with Gasteiger partial charge in [0.25, 0.3) is 0 Å². The van der Waals surface area contributed by atoms with Crippen molar-refractivity contribution in [3.05, 3.63) is 95.6 Å². The van der Waals surface area contributed by atoms with E-state index in [4.69, 9.17) is 12.6 Å². The largest absolute Gasteiger partial charge is 7.00 e. The van der Waals surface area contributed by atoms with Crippen molar-refractivity contribution in [1.29, 1.82) is 0 Å². The molecule has 0 aliphatic carbocycles. The third-order valence-electron chi connectivity index (χ3n) is 3.84. The molecule has 27 heavy (non-hydrogen) atoms. The van der Waals surface area contributed by atoms with Gasteiger partial charge in [-0.3, -0.25) is 4.98 Å². The van der Waals surface area contributed by atoms with E-state index in [0.717, 1.165) is 11.4 Å². The topological polar surface area (TPSA) is 24.9 Å². The maximum atomic E-state index is 12.7. The Bertz CT molecular complexity index is 778. The first kappa shape index (κ1) is 23.3. The first-order valence-electron chi connectivity index (χ1n) is 8.61. The van der Waals surface area contributed by atoms with E-state index in [9.17, 15) is 4.39 Å². The van der Waals surface area contributed by atoms with Crippen LogP contribution in [0.3, 0.4) is 0 Å². The normalized spacial score (nSPS) is 11.0. The Labute approximate surface area is 180 Å². The van der Waals surface area contributed by atoms with Crippen molar-refractivity contribution in [3.63, 3.8) is 0 Å². The van der Waals surface area contributed by atoms with Crippen LogP contribution in [0.15, 0.2) is 72.9 Å². The van der Waals surface area contributed by atoms with Gasteiger partial charge in [-0.1, -0.05) is 55.1 Å². The van der Waals surface area contributed by atoms with Gasteiger partial charge in [-0.05, 0) is 54.8 Å². The number of anilines is 1. The molecule has 0 aliphatic heterocycles. The second kappa shape index (κ2) is 11.9. The zero-order valence-electron chi connectivity index (χ0n) is 15.7. The van der Waals surface area contributed by atoms with Gasteiger partial charge in [0.05, 0.1) is 0 Å². The minimum Gasteiger partial charge on any atom is -0.762 e. The zero-order valence-corrected chi connectivity index (χ0v) is 19.0. The molecule has 137 valence electrons. The molecule has 0 bridgehead atoms. The summed E-state index contributed by atoms with van der Waals surface area (Å²) in [4.78, 5) is 4.15. The monoisotopic (exact) mass is 559 g/mol. The fourth-order valence-corrected chi connectivity index (χ4v) is 2.53. The Kier molecular flexibility index (Phi) is 10.3. The third-order valence-corrected chi connectivity index (χ3v) is 4.20. The van der Waals surface area contributed by atoms with Crippen molar-refractivity contribution in [2.24, 2.45) is 0 Å². The summed E-state index contributed by atoms with van der Waals surface area (Å²) in [7, 11) is 0. The van der Waals surface area contributed by atoms with Crippen LogP contribution in [0.2, 0.25) is 0 Å². The molecule has 1 unspecified atom stereocenters. The molecule has 1 heterocycles. The quantitative estimate of drug-likeness (QED) is 0.399. The molecule has 2 aromatic carbocycles. The summed E-state index contributed by atoms with van der Waals surface area (Å²) < 4.78 is 12.7. The fourth-order valence-electron chi connectivity index (χ4n) is 2.25. The maximum Gasteiger partial charge on any atom is 7.00 e. The Balaban J connectivity index is 0.000000288. The number of halogens is 1. The summed E-state index contributed by atoms with van der Waals surface area (Å²) in [5, 5.41) is 2.76. The molecule has 0 spiro atoms. The molecule has 0 amide bonds. The van der Waals surface area contributed by atoms with Crippen LogP contribution in [-0.4, -0.2) is 4.98 Å². The predicted octanol–water partition coefficient (Wildman–Crippen LogP) is 5.99. The van der Waals surface area contributed by atoms with E-state index < -0.39 is 0 Å². The minimum absolute atomic E-state index is 0. The Morgan fingerprint density at radius 3 is 2.07 bits per heavy atom. The van der Waals surface area contributed by atoms with E-state index in [0.29, 0.717) is 5.92 Å². The summed E-state index contributed by atoms with van der Waals surface area (Å²) in [5.41, 5.74) is 4.32. The number of hydrogen-bond donors (Lipinski definition) is 1. The molecule has 5 heteroatoms. The molecule has 1 aromatic heterocycles. The van der Waals surface area contributed by atoms with Crippen molar-refractivity contribution in [2.75, 3.05) is 5.32 Å². The van der Waals surface area contributed by atoms with Crippen LogP contribution in [0.4, 0.5) is 10.1 Å². The molecule has 2 nitrogen and oxygen atoms in total. The smallest absolute Gasteiger partial charge is 0.762 e. The molecular weight excluding hydrogens is 534 g/mol. The summed E-state index contributed by atoms with van der Waals surface area (Å²) >= 11 is 5.25. The van der Waals surface area contributed by atoms with Gasteiger partial charge >= 0.3 is 19.8 Å². The molecular formula is C22H24FN2OsS+6. The third kappa shape index (κ3) is 8.24.